The van der Waals surface area contributed by atoms with Gasteiger partial charge in [0.15, 0.2) is 5.78 Å². The highest BCUT2D eigenvalue weighted by atomic mass is 19.1. The van der Waals surface area contributed by atoms with Gasteiger partial charge in [-0.2, -0.15) is 0 Å². The monoisotopic (exact) mass is 436 g/mol. The minimum absolute atomic E-state index is 0.159. The van der Waals surface area contributed by atoms with Gasteiger partial charge in [-0.3, -0.25) is 4.79 Å². The number of anilines is 1. The van der Waals surface area contributed by atoms with Crippen LogP contribution < -0.4 is 4.90 Å². The highest BCUT2D eigenvalue weighted by Gasteiger charge is 2.32. The molecule has 2 aromatic rings. The summed E-state index contributed by atoms with van der Waals surface area (Å²) in [5.41, 5.74) is 5.58. The SMILES string of the molecule is O=C(CCC1CCN(CCc2cccc(F)c2)CC1)c1cc2c3c(c1)CCN3C(O)CC2. The van der Waals surface area contributed by atoms with Gasteiger partial charge in [-0.15, -0.1) is 0 Å². The number of hydrogen-bond donors (Lipinski definition) is 1. The topological polar surface area (TPSA) is 43.8 Å². The number of piperidine rings is 1. The van der Waals surface area contributed by atoms with Gasteiger partial charge in [0.2, 0.25) is 0 Å². The van der Waals surface area contributed by atoms with Crippen LogP contribution in [-0.4, -0.2) is 48.2 Å². The van der Waals surface area contributed by atoms with E-state index in [1.54, 1.807) is 12.1 Å². The van der Waals surface area contributed by atoms with Crippen molar-refractivity contribution in [3.8, 4) is 0 Å². The first kappa shape index (κ1) is 21.6. The summed E-state index contributed by atoms with van der Waals surface area (Å²) in [5.74, 6) is 0.721. The largest absolute Gasteiger partial charge is 0.374 e. The molecule has 1 fully saturated rings. The van der Waals surface area contributed by atoms with Crippen LogP contribution in [0.4, 0.5) is 10.1 Å². The molecule has 0 aromatic heterocycles. The number of aryl methyl sites for hydroxylation is 1. The Bertz CT molecular complexity index is 984. The number of Topliss-reactive ketones (excluding diaryl/α,β-unsaturated/α-hetero) is 1. The molecule has 1 unspecified atom stereocenters. The molecule has 0 bridgehead atoms. The van der Waals surface area contributed by atoms with Crippen LogP contribution in [0.1, 0.15) is 59.2 Å². The number of halogens is 1. The summed E-state index contributed by atoms with van der Waals surface area (Å²) in [5, 5.41) is 10.2. The minimum Gasteiger partial charge on any atom is -0.374 e. The molecular formula is C27H33FN2O2. The molecule has 2 aromatic carbocycles. The zero-order valence-electron chi connectivity index (χ0n) is 18.7. The number of likely N-dealkylation sites (tertiary alicyclic amines) is 1. The maximum atomic E-state index is 13.3. The third-order valence-electron chi connectivity index (χ3n) is 7.62. The van der Waals surface area contributed by atoms with Gasteiger partial charge in [-0.25, -0.2) is 4.39 Å². The first-order valence-electron chi connectivity index (χ1n) is 12.2. The highest BCUT2D eigenvalue weighted by Crippen LogP contribution is 2.39. The van der Waals surface area contributed by atoms with Crippen molar-refractivity contribution in [3.05, 3.63) is 64.5 Å². The summed E-state index contributed by atoms with van der Waals surface area (Å²) in [6, 6.07) is 11.1. The maximum Gasteiger partial charge on any atom is 0.162 e. The number of hydrogen-bond acceptors (Lipinski definition) is 4. The highest BCUT2D eigenvalue weighted by molar-refractivity contribution is 5.97. The minimum atomic E-state index is -0.370. The van der Waals surface area contributed by atoms with Crippen LogP contribution in [-0.2, 0) is 19.3 Å². The van der Waals surface area contributed by atoms with Crippen LogP contribution in [0, 0.1) is 11.7 Å². The summed E-state index contributed by atoms with van der Waals surface area (Å²) >= 11 is 0. The lowest BCUT2D eigenvalue weighted by Gasteiger charge is -2.32. The van der Waals surface area contributed by atoms with Crippen molar-refractivity contribution < 1.29 is 14.3 Å². The van der Waals surface area contributed by atoms with Gasteiger partial charge < -0.3 is 14.9 Å². The van der Waals surface area contributed by atoms with E-state index in [2.05, 4.69) is 21.9 Å². The third-order valence-corrected chi connectivity index (χ3v) is 7.62. The van der Waals surface area contributed by atoms with Crippen molar-refractivity contribution in [1.29, 1.82) is 0 Å². The van der Waals surface area contributed by atoms with Crippen molar-refractivity contribution in [2.45, 2.75) is 57.6 Å². The molecule has 0 saturated carbocycles. The summed E-state index contributed by atoms with van der Waals surface area (Å²) in [7, 11) is 0. The molecule has 1 atom stereocenters. The molecule has 170 valence electrons. The molecule has 32 heavy (non-hydrogen) atoms. The molecule has 5 heteroatoms. The van der Waals surface area contributed by atoms with E-state index in [0.717, 1.165) is 82.3 Å². The third kappa shape index (κ3) is 4.60. The van der Waals surface area contributed by atoms with E-state index in [9.17, 15) is 14.3 Å². The first-order valence-corrected chi connectivity index (χ1v) is 12.2. The number of ketones is 1. The Hall–Kier alpha value is -2.24. The molecule has 5 rings (SSSR count). The van der Waals surface area contributed by atoms with Crippen molar-refractivity contribution in [1.82, 2.24) is 4.90 Å². The second-order valence-electron chi connectivity index (χ2n) is 9.73. The number of nitrogens with zero attached hydrogens (tertiary/aromatic N) is 2. The average molecular weight is 437 g/mol. The van der Waals surface area contributed by atoms with Gasteiger partial charge in [0.1, 0.15) is 12.0 Å². The summed E-state index contributed by atoms with van der Waals surface area (Å²) in [6.07, 6.45) is 6.91. The Kier molecular flexibility index (Phi) is 6.29. The Morgan fingerprint density at radius 3 is 2.59 bits per heavy atom. The van der Waals surface area contributed by atoms with E-state index in [1.807, 2.05) is 6.07 Å². The molecule has 0 aliphatic carbocycles. The van der Waals surface area contributed by atoms with Gasteiger partial charge in [0.25, 0.3) is 0 Å². The zero-order chi connectivity index (χ0) is 22.1. The Morgan fingerprint density at radius 2 is 1.81 bits per heavy atom. The molecule has 3 aliphatic heterocycles. The van der Waals surface area contributed by atoms with Crippen molar-refractivity contribution in [2.24, 2.45) is 5.92 Å². The smallest absolute Gasteiger partial charge is 0.162 e. The van der Waals surface area contributed by atoms with E-state index < -0.39 is 0 Å². The molecule has 4 nitrogen and oxygen atoms in total. The molecule has 0 spiro atoms. The molecule has 3 aliphatic rings. The zero-order valence-corrected chi connectivity index (χ0v) is 18.7. The van der Waals surface area contributed by atoms with Crippen LogP contribution in [0.2, 0.25) is 0 Å². The van der Waals surface area contributed by atoms with Gasteiger partial charge in [-0.1, -0.05) is 12.1 Å². The van der Waals surface area contributed by atoms with Crippen LogP contribution >= 0.6 is 0 Å². The van der Waals surface area contributed by atoms with Crippen molar-refractivity contribution in [2.75, 3.05) is 31.1 Å². The fraction of sp³-hybridized carbons (Fsp3) is 0.519. The van der Waals surface area contributed by atoms with Crippen LogP contribution in [0.25, 0.3) is 0 Å². The Labute approximate surface area is 190 Å². The van der Waals surface area contributed by atoms with Crippen LogP contribution in [0.15, 0.2) is 36.4 Å². The van der Waals surface area contributed by atoms with Gasteiger partial charge in [0.05, 0.1) is 0 Å². The second-order valence-corrected chi connectivity index (χ2v) is 9.73. The van der Waals surface area contributed by atoms with Gasteiger partial charge in [0, 0.05) is 30.8 Å². The molecule has 1 N–H and O–H groups in total. The Balaban J connectivity index is 1.10. The summed E-state index contributed by atoms with van der Waals surface area (Å²) in [6.45, 7) is 3.96. The number of carbonyl (C=O) groups is 1. The molecule has 0 amide bonds. The predicted molar refractivity (Wildman–Crippen MR) is 125 cm³/mol. The Morgan fingerprint density at radius 1 is 1.03 bits per heavy atom. The van der Waals surface area contributed by atoms with E-state index in [0.29, 0.717) is 12.3 Å². The van der Waals surface area contributed by atoms with E-state index >= 15 is 0 Å². The van der Waals surface area contributed by atoms with Crippen LogP contribution in [0.5, 0.6) is 0 Å². The molecule has 3 heterocycles. The number of benzene rings is 2. The molecule has 0 radical (unpaired) electrons. The number of aliphatic hydroxyl groups is 1. The van der Waals surface area contributed by atoms with E-state index in [1.165, 1.54) is 22.9 Å². The summed E-state index contributed by atoms with van der Waals surface area (Å²) < 4.78 is 13.3. The quantitative estimate of drug-likeness (QED) is 0.655. The predicted octanol–water partition coefficient (Wildman–Crippen LogP) is 4.37. The first-order chi connectivity index (χ1) is 15.6. The van der Waals surface area contributed by atoms with Gasteiger partial charge in [-0.05, 0) is 105 Å². The fourth-order valence-electron chi connectivity index (χ4n) is 5.72. The lowest BCUT2D eigenvalue weighted by atomic mass is 9.89. The van der Waals surface area contributed by atoms with Crippen molar-refractivity contribution >= 4 is 11.5 Å². The van der Waals surface area contributed by atoms with E-state index in [-0.39, 0.29) is 17.8 Å². The second kappa shape index (κ2) is 9.32. The molecule has 1 saturated heterocycles. The average Bonchev–Trinajstić information content (AvgIpc) is 3.24. The van der Waals surface area contributed by atoms with E-state index in [4.69, 9.17) is 0 Å². The maximum absolute atomic E-state index is 13.3. The lowest BCUT2D eigenvalue weighted by molar-refractivity contribution is 0.0962. The lowest BCUT2D eigenvalue weighted by Crippen LogP contribution is -2.37. The standard InChI is InChI=1S/C27H33FN2O2/c28-24-3-1-2-20(16-24)10-14-29-12-8-19(9-13-29)4-6-25(31)23-17-21-5-7-26(32)30-15-11-22(18-23)27(21)30/h1-3,16-19,26,32H,4-15H2. The number of rotatable bonds is 7. The van der Waals surface area contributed by atoms with Gasteiger partial charge >= 0.3 is 0 Å². The number of aliphatic hydroxyl groups excluding tert-OH is 1. The normalized spacial score (nSPS) is 21.1. The van der Waals surface area contributed by atoms with Crippen LogP contribution in [0.3, 0.4) is 0 Å². The number of carbonyl (C=O) groups excluding carboxylic acids is 1. The summed E-state index contributed by atoms with van der Waals surface area (Å²) in [4.78, 5) is 17.5. The fourth-order valence-corrected chi connectivity index (χ4v) is 5.72. The van der Waals surface area contributed by atoms with Crippen molar-refractivity contribution in [3.63, 3.8) is 0 Å². The molecular weight excluding hydrogens is 403 g/mol.